The molecule has 3 saturated carbocycles. The first-order valence-electron chi connectivity index (χ1n) is 9.43. The first kappa shape index (κ1) is 18.1. The fourth-order valence-electron chi connectivity index (χ4n) is 5.65. The largest absolute Gasteiger partial charge is 0.390 e. The minimum Gasteiger partial charge on any atom is -0.390 e. The zero-order valence-corrected chi connectivity index (χ0v) is 15.6. The minimum atomic E-state index is -1.60. The van der Waals surface area contributed by atoms with Crippen LogP contribution in [0.3, 0.4) is 0 Å². The quantitative estimate of drug-likeness (QED) is 0.713. The number of hydrogen-bond donors (Lipinski definition) is 2. The van der Waals surface area contributed by atoms with Crippen LogP contribution in [0.15, 0.2) is 0 Å². The highest BCUT2D eigenvalue weighted by Gasteiger charge is 2.61. The van der Waals surface area contributed by atoms with Gasteiger partial charge in [-0.3, -0.25) is 9.59 Å². The van der Waals surface area contributed by atoms with E-state index in [1.165, 1.54) is 0 Å². The van der Waals surface area contributed by atoms with Crippen LogP contribution >= 0.6 is 0 Å². The highest BCUT2D eigenvalue weighted by atomic mass is 16.3. The molecule has 3 aliphatic rings. The van der Waals surface area contributed by atoms with Crippen LogP contribution in [0.5, 0.6) is 0 Å². The molecule has 0 spiro atoms. The summed E-state index contributed by atoms with van der Waals surface area (Å²) < 4.78 is 0. The fraction of sp³-hybridized carbons (Fsp3) is 0.900. The average molecular weight is 336 g/mol. The Balaban J connectivity index is 1.96. The summed E-state index contributed by atoms with van der Waals surface area (Å²) in [5, 5.41) is 22.0. The van der Waals surface area contributed by atoms with E-state index in [0.29, 0.717) is 18.3 Å². The zero-order valence-electron chi connectivity index (χ0n) is 15.6. The van der Waals surface area contributed by atoms with E-state index in [1.807, 2.05) is 6.92 Å². The Bertz CT molecular complexity index is 564. The summed E-state index contributed by atoms with van der Waals surface area (Å²) in [6.07, 6.45) is 2.70. The van der Waals surface area contributed by atoms with Gasteiger partial charge < -0.3 is 10.2 Å². The van der Waals surface area contributed by atoms with Crippen LogP contribution < -0.4 is 0 Å². The Kier molecular flexibility index (Phi) is 4.05. The first-order valence-corrected chi connectivity index (χ1v) is 9.43. The molecule has 0 radical (unpaired) electrons. The second-order valence-corrected chi connectivity index (χ2v) is 9.76. The number of ketones is 2. The van der Waals surface area contributed by atoms with Crippen LogP contribution in [-0.2, 0) is 9.59 Å². The minimum absolute atomic E-state index is 0.0666. The maximum absolute atomic E-state index is 13.1. The lowest BCUT2D eigenvalue weighted by molar-refractivity contribution is -0.151. The average Bonchev–Trinajstić information content (AvgIpc) is 2.91. The number of rotatable bonds is 0. The molecule has 0 amide bonds. The van der Waals surface area contributed by atoms with E-state index in [-0.39, 0.29) is 41.7 Å². The van der Waals surface area contributed by atoms with Gasteiger partial charge in [-0.05, 0) is 56.3 Å². The van der Waals surface area contributed by atoms with Gasteiger partial charge in [0.05, 0.1) is 11.5 Å². The molecule has 24 heavy (non-hydrogen) atoms. The Morgan fingerprint density at radius 1 is 0.958 bits per heavy atom. The van der Waals surface area contributed by atoms with Crippen molar-refractivity contribution in [1.29, 1.82) is 0 Å². The lowest BCUT2D eigenvalue weighted by atomic mass is 9.74. The van der Waals surface area contributed by atoms with Crippen molar-refractivity contribution in [2.75, 3.05) is 0 Å². The SMILES string of the molecule is CC1C[C@]2(O)C(=O)[C@H](C)C[C@@H]3[C@H](CC[C@](C)(O)C[C@H]2C1=O)C3(C)C. The molecular weight excluding hydrogens is 304 g/mol. The second-order valence-electron chi connectivity index (χ2n) is 9.76. The van der Waals surface area contributed by atoms with Gasteiger partial charge in [-0.15, -0.1) is 0 Å². The molecule has 136 valence electrons. The van der Waals surface area contributed by atoms with Crippen molar-refractivity contribution in [1.82, 2.24) is 0 Å². The fourth-order valence-corrected chi connectivity index (χ4v) is 5.65. The van der Waals surface area contributed by atoms with Crippen molar-refractivity contribution in [3.63, 3.8) is 0 Å². The van der Waals surface area contributed by atoms with E-state index in [0.717, 1.165) is 12.8 Å². The smallest absolute Gasteiger partial charge is 0.167 e. The summed E-state index contributed by atoms with van der Waals surface area (Å²) in [7, 11) is 0. The molecule has 7 atom stereocenters. The van der Waals surface area contributed by atoms with Crippen LogP contribution in [0, 0.1) is 35.0 Å². The van der Waals surface area contributed by atoms with E-state index in [1.54, 1.807) is 13.8 Å². The second kappa shape index (κ2) is 5.38. The van der Waals surface area contributed by atoms with Crippen LogP contribution in [0.1, 0.15) is 66.7 Å². The number of Topliss-reactive ketones (excluding diaryl/α,β-unsaturated/α-hetero) is 2. The van der Waals surface area contributed by atoms with E-state index >= 15 is 0 Å². The van der Waals surface area contributed by atoms with Gasteiger partial charge in [0, 0.05) is 11.8 Å². The number of carbonyl (C=O) groups excluding carboxylic acids is 2. The first-order chi connectivity index (χ1) is 10.9. The maximum Gasteiger partial charge on any atom is 0.167 e. The van der Waals surface area contributed by atoms with Crippen LogP contribution in [0.2, 0.25) is 0 Å². The van der Waals surface area contributed by atoms with Crippen LogP contribution in [-0.4, -0.2) is 33.0 Å². The van der Waals surface area contributed by atoms with Crippen molar-refractivity contribution in [2.45, 2.75) is 77.9 Å². The molecule has 3 fully saturated rings. The summed E-state index contributed by atoms with van der Waals surface area (Å²) in [4.78, 5) is 25.7. The molecule has 3 rings (SSSR count). The molecule has 0 saturated heterocycles. The molecular formula is C20H32O4. The Labute approximate surface area is 145 Å². The van der Waals surface area contributed by atoms with Crippen molar-refractivity contribution >= 4 is 11.6 Å². The highest BCUT2D eigenvalue weighted by molar-refractivity contribution is 5.99. The normalized spacial score (nSPS) is 51.5. The Morgan fingerprint density at radius 2 is 1.58 bits per heavy atom. The Hall–Kier alpha value is -0.740. The number of hydrogen-bond acceptors (Lipinski definition) is 4. The lowest BCUT2D eigenvalue weighted by Crippen LogP contribution is -2.49. The summed E-state index contributed by atoms with van der Waals surface area (Å²) in [6.45, 7) is 9.90. The van der Waals surface area contributed by atoms with E-state index < -0.39 is 17.1 Å². The maximum atomic E-state index is 13.1. The third-order valence-corrected chi connectivity index (χ3v) is 7.43. The molecule has 0 heterocycles. The van der Waals surface area contributed by atoms with Gasteiger partial charge >= 0.3 is 0 Å². The van der Waals surface area contributed by atoms with Gasteiger partial charge in [0.1, 0.15) is 11.4 Å². The van der Waals surface area contributed by atoms with Gasteiger partial charge in [-0.25, -0.2) is 0 Å². The standard InChI is InChI=1S/C20H32O4/c1-11-8-14-13(18(14,3)4)6-7-19(5,23)10-15-16(21)12(2)9-20(15,24)17(11)22/h11-15,23-24H,6-10H2,1-5H3/t11-,12?,13+,14-,15+,19+,20-/m1/s1. The topological polar surface area (TPSA) is 74.6 Å². The molecule has 4 heteroatoms. The third-order valence-electron chi connectivity index (χ3n) is 7.43. The summed E-state index contributed by atoms with van der Waals surface area (Å²) in [6, 6.07) is 0. The van der Waals surface area contributed by atoms with E-state index in [9.17, 15) is 19.8 Å². The van der Waals surface area contributed by atoms with Crippen molar-refractivity contribution in [3.8, 4) is 0 Å². The van der Waals surface area contributed by atoms with Gasteiger partial charge in [0.2, 0.25) is 0 Å². The summed E-state index contributed by atoms with van der Waals surface area (Å²) >= 11 is 0. The molecule has 2 N–H and O–H groups in total. The third kappa shape index (κ3) is 2.66. The van der Waals surface area contributed by atoms with Crippen molar-refractivity contribution in [3.05, 3.63) is 0 Å². The lowest BCUT2D eigenvalue weighted by Gasteiger charge is -2.34. The monoisotopic (exact) mass is 336 g/mol. The van der Waals surface area contributed by atoms with Crippen LogP contribution in [0.25, 0.3) is 0 Å². The van der Waals surface area contributed by atoms with Gasteiger partial charge in [-0.1, -0.05) is 27.7 Å². The molecule has 3 aliphatic carbocycles. The zero-order chi connectivity index (χ0) is 18.1. The predicted octanol–water partition coefficient (Wildman–Crippen LogP) is 2.75. The van der Waals surface area contributed by atoms with Crippen molar-refractivity contribution in [2.24, 2.45) is 35.0 Å². The van der Waals surface area contributed by atoms with Gasteiger partial charge in [0.25, 0.3) is 0 Å². The molecule has 4 nitrogen and oxygen atoms in total. The summed E-state index contributed by atoms with van der Waals surface area (Å²) in [5.74, 6) is -0.608. The van der Waals surface area contributed by atoms with Gasteiger partial charge in [0.15, 0.2) is 5.78 Å². The number of fused-ring (bicyclic) bond motifs is 2. The molecule has 0 aromatic heterocycles. The molecule has 0 aliphatic heterocycles. The molecule has 1 unspecified atom stereocenters. The van der Waals surface area contributed by atoms with Crippen LogP contribution in [0.4, 0.5) is 0 Å². The van der Waals surface area contributed by atoms with Crippen molar-refractivity contribution < 1.29 is 19.8 Å². The Morgan fingerprint density at radius 3 is 2.21 bits per heavy atom. The van der Waals surface area contributed by atoms with Gasteiger partial charge in [-0.2, -0.15) is 0 Å². The van der Waals surface area contributed by atoms with E-state index in [4.69, 9.17) is 0 Å². The summed E-state index contributed by atoms with van der Waals surface area (Å²) in [5.41, 5.74) is -2.42. The number of aliphatic hydroxyl groups is 2. The molecule has 0 bridgehead atoms. The van der Waals surface area contributed by atoms with E-state index in [2.05, 4.69) is 13.8 Å². The highest BCUT2D eigenvalue weighted by Crippen LogP contribution is 2.64. The number of carbonyl (C=O) groups is 2. The molecule has 0 aromatic carbocycles. The predicted molar refractivity (Wildman–Crippen MR) is 91.3 cm³/mol. The molecule has 0 aromatic rings.